The first kappa shape index (κ1) is 9.66. The van der Waals surface area contributed by atoms with Crippen LogP contribution in [0.2, 0.25) is 0 Å². The van der Waals surface area contributed by atoms with Gasteiger partial charge in [0.05, 0.1) is 6.10 Å². The van der Waals surface area contributed by atoms with Crippen LogP contribution >= 0.6 is 0 Å². The fourth-order valence-corrected chi connectivity index (χ4v) is 2.60. The predicted molar refractivity (Wildman–Crippen MR) is 56.0 cm³/mol. The molecule has 2 rings (SSSR count). The van der Waals surface area contributed by atoms with Gasteiger partial charge in [0.25, 0.3) is 0 Å². The monoisotopic (exact) mass is 191 g/mol. The molecule has 3 atom stereocenters. The molecule has 1 aliphatic rings. The smallest absolute Gasteiger partial charge is 0.0612 e. The van der Waals surface area contributed by atoms with Gasteiger partial charge in [-0.2, -0.15) is 0 Å². The summed E-state index contributed by atoms with van der Waals surface area (Å²) in [6.07, 6.45) is 5.65. The number of pyridine rings is 1. The maximum atomic E-state index is 9.87. The second-order valence-electron chi connectivity index (χ2n) is 4.27. The highest BCUT2D eigenvalue weighted by atomic mass is 16.3. The lowest BCUT2D eigenvalue weighted by Crippen LogP contribution is -2.25. The van der Waals surface area contributed by atoms with Crippen molar-refractivity contribution in [1.29, 1.82) is 0 Å². The molecule has 1 aliphatic carbocycles. The Morgan fingerprint density at radius 1 is 1.71 bits per heavy atom. The molecule has 1 aromatic rings. The standard InChI is InChI=1S/C12H17NO/c1-3-10-7-12(10,9(2)14)11-5-4-6-13-8-11/h4-6,8-10,14H,3,7H2,1-2H3. The van der Waals surface area contributed by atoms with Crippen molar-refractivity contribution in [2.75, 3.05) is 0 Å². The minimum atomic E-state index is -0.267. The lowest BCUT2D eigenvalue weighted by atomic mass is 9.89. The Labute approximate surface area is 85.0 Å². The van der Waals surface area contributed by atoms with Crippen molar-refractivity contribution >= 4 is 0 Å². The molecule has 14 heavy (non-hydrogen) atoms. The zero-order valence-electron chi connectivity index (χ0n) is 8.77. The summed E-state index contributed by atoms with van der Waals surface area (Å²) < 4.78 is 0. The molecule has 0 amide bonds. The van der Waals surface area contributed by atoms with Gasteiger partial charge in [-0.05, 0) is 30.9 Å². The minimum absolute atomic E-state index is 0.00299. The Morgan fingerprint density at radius 2 is 2.50 bits per heavy atom. The van der Waals surface area contributed by atoms with E-state index in [2.05, 4.69) is 18.0 Å². The van der Waals surface area contributed by atoms with Crippen LogP contribution in [0.3, 0.4) is 0 Å². The molecule has 0 aliphatic heterocycles. The van der Waals surface area contributed by atoms with Crippen LogP contribution in [0.15, 0.2) is 24.5 Å². The van der Waals surface area contributed by atoms with Gasteiger partial charge in [0.1, 0.15) is 0 Å². The Hall–Kier alpha value is -0.890. The molecule has 1 aromatic heterocycles. The molecule has 2 nitrogen and oxygen atoms in total. The van der Waals surface area contributed by atoms with Gasteiger partial charge in [-0.1, -0.05) is 19.4 Å². The summed E-state index contributed by atoms with van der Waals surface area (Å²) in [5, 5.41) is 9.87. The number of rotatable bonds is 3. The fraction of sp³-hybridized carbons (Fsp3) is 0.583. The van der Waals surface area contributed by atoms with Gasteiger partial charge >= 0.3 is 0 Å². The van der Waals surface area contributed by atoms with Crippen LogP contribution in [0.4, 0.5) is 0 Å². The normalized spacial score (nSPS) is 32.6. The van der Waals surface area contributed by atoms with Crippen LogP contribution in [-0.2, 0) is 5.41 Å². The van der Waals surface area contributed by atoms with E-state index < -0.39 is 0 Å². The maximum absolute atomic E-state index is 9.87. The van der Waals surface area contributed by atoms with Crippen LogP contribution < -0.4 is 0 Å². The van der Waals surface area contributed by atoms with Crippen molar-refractivity contribution in [3.63, 3.8) is 0 Å². The molecule has 0 aromatic carbocycles. The summed E-state index contributed by atoms with van der Waals surface area (Å²) in [6, 6.07) is 4.03. The van der Waals surface area contributed by atoms with Crippen LogP contribution in [-0.4, -0.2) is 16.2 Å². The molecule has 0 radical (unpaired) electrons. The van der Waals surface area contributed by atoms with Gasteiger partial charge in [-0.25, -0.2) is 0 Å². The molecule has 2 heteroatoms. The van der Waals surface area contributed by atoms with Gasteiger partial charge in [-0.15, -0.1) is 0 Å². The first-order valence-corrected chi connectivity index (χ1v) is 5.30. The third-order valence-electron chi connectivity index (χ3n) is 3.59. The van der Waals surface area contributed by atoms with Gasteiger partial charge in [-0.3, -0.25) is 4.98 Å². The number of aromatic nitrogens is 1. The number of nitrogens with zero attached hydrogens (tertiary/aromatic N) is 1. The highest BCUT2D eigenvalue weighted by Crippen LogP contribution is 2.57. The summed E-state index contributed by atoms with van der Waals surface area (Å²) >= 11 is 0. The van der Waals surface area contributed by atoms with Crippen LogP contribution in [0.25, 0.3) is 0 Å². The lowest BCUT2D eigenvalue weighted by Gasteiger charge is -2.20. The molecule has 0 bridgehead atoms. The van der Waals surface area contributed by atoms with Crippen molar-refractivity contribution in [3.05, 3.63) is 30.1 Å². The third kappa shape index (κ3) is 1.25. The molecule has 1 saturated carbocycles. The number of hydrogen-bond donors (Lipinski definition) is 1. The second kappa shape index (κ2) is 3.35. The molecule has 1 heterocycles. The third-order valence-corrected chi connectivity index (χ3v) is 3.59. The van der Waals surface area contributed by atoms with Crippen molar-refractivity contribution in [2.24, 2.45) is 5.92 Å². The summed E-state index contributed by atoms with van der Waals surface area (Å²) in [5.74, 6) is 0.631. The fourth-order valence-electron chi connectivity index (χ4n) is 2.60. The van der Waals surface area contributed by atoms with Crippen molar-refractivity contribution in [3.8, 4) is 0 Å². The molecular weight excluding hydrogens is 174 g/mol. The van der Waals surface area contributed by atoms with Gasteiger partial charge in [0.2, 0.25) is 0 Å². The highest BCUT2D eigenvalue weighted by molar-refractivity contribution is 5.33. The first-order valence-electron chi connectivity index (χ1n) is 5.30. The molecule has 76 valence electrons. The molecule has 0 spiro atoms. The van der Waals surface area contributed by atoms with Gasteiger partial charge < -0.3 is 5.11 Å². The molecule has 3 unspecified atom stereocenters. The van der Waals surface area contributed by atoms with Gasteiger partial charge in [0.15, 0.2) is 0 Å². The van der Waals surface area contributed by atoms with Gasteiger partial charge in [0, 0.05) is 17.8 Å². The lowest BCUT2D eigenvalue weighted by molar-refractivity contribution is 0.142. The predicted octanol–water partition coefficient (Wildman–Crippen LogP) is 2.13. The molecule has 1 N–H and O–H groups in total. The Morgan fingerprint density at radius 3 is 2.93 bits per heavy atom. The summed E-state index contributed by atoms with van der Waals surface area (Å²) in [5.41, 5.74) is 1.20. The molecule has 0 saturated heterocycles. The summed E-state index contributed by atoms with van der Waals surface area (Å²) in [7, 11) is 0. The largest absolute Gasteiger partial charge is 0.392 e. The second-order valence-corrected chi connectivity index (χ2v) is 4.27. The van der Waals surface area contributed by atoms with E-state index in [1.54, 1.807) is 6.20 Å². The van der Waals surface area contributed by atoms with Crippen molar-refractivity contribution in [2.45, 2.75) is 38.2 Å². The Kier molecular flexibility index (Phi) is 2.31. The number of aliphatic hydroxyl groups is 1. The van der Waals surface area contributed by atoms with E-state index >= 15 is 0 Å². The Bertz CT molecular complexity index is 309. The maximum Gasteiger partial charge on any atom is 0.0612 e. The number of hydrogen-bond acceptors (Lipinski definition) is 2. The van der Waals surface area contributed by atoms with E-state index in [0.29, 0.717) is 5.92 Å². The average Bonchev–Trinajstić information content (AvgIpc) is 2.94. The van der Waals surface area contributed by atoms with E-state index in [4.69, 9.17) is 0 Å². The molecule has 1 fully saturated rings. The first-order chi connectivity index (χ1) is 6.71. The highest BCUT2D eigenvalue weighted by Gasteiger charge is 2.57. The van der Waals surface area contributed by atoms with E-state index in [9.17, 15) is 5.11 Å². The topological polar surface area (TPSA) is 33.1 Å². The van der Waals surface area contributed by atoms with E-state index in [0.717, 1.165) is 12.8 Å². The SMILES string of the molecule is CCC1CC1(c1cccnc1)C(C)O. The summed E-state index contributed by atoms with van der Waals surface area (Å²) in [6.45, 7) is 4.08. The van der Waals surface area contributed by atoms with Crippen molar-refractivity contribution < 1.29 is 5.11 Å². The molecular formula is C12H17NO. The quantitative estimate of drug-likeness (QED) is 0.794. The van der Waals surface area contributed by atoms with Crippen LogP contribution in [0.5, 0.6) is 0 Å². The van der Waals surface area contributed by atoms with E-state index in [-0.39, 0.29) is 11.5 Å². The van der Waals surface area contributed by atoms with Crippen LogP contribution in [0, 0.1) is 5.92 Å². The minimum Gasteiger partial charge on any atom is -0.392 e. The summed E-state index contributed by atoms with van der Waals surface area (Å²) in [4.78, 5) is 4.13. The van der Waals surface area contributed by atoms with E-state index in [1.807, 2.05) is 19.2 Å². The van der Waals surface area contributed by atoms with Crippen LogP contribution in [0.1, 0.15) is 32.3 Å². The number of aliphatic hydroxyl groups excluding tert-OH is 1. The average molecular weight is 191 g/mol. The van der Waals surface area contributed by atoms with E-state index in [1.165, 1.54) is 5.56 Å². The Balaban J connectivity index is 2.31. The zero-order chi connectivity index (χ0) is 10.2. The van der Waals surface area contributed by atoms with Crippen molar-refractivity contribution in [1.82, 2.24) is 4.98 Å². The zero-order valence-corrected chi connectivity index (χ0v) is 8.77.